The van der Waals surface area contributed by atoms with Crippen LogP contribution < -0.4 is 4.90 Å². The van der Waals surface area contributed by atoms with E-state index in [0.717, 1.165) is 50.9 Å². The zero-order valence-electron chi connectivity index (χ0n) is 14.9. The third-order valence-corrected chi connectivity index (χ3v) is 6.13. The van der Waals surface area contributed by atoms with Crippen molar-refractivity contribution in [3.63, 3.8) is 0 Å². The Morgan fingerprint density at radius 1 is 1.24 bits per heavy atom. The molecule has 1 unspecified atom stereocenters. The number of ether oxygens (including phenoxy) is 1. The van der Waals surface area contributed by atoms with Gasteiger partial charge in [0.1, 0.15) is 0 Å². The van der Waals surface area contributed by atoms with Gasteiger partial charge in [-0.15, -0.1) is 11.3 Å². The molecule has 1 aromatic carbocycles. The highest BCUT2D eigenvalue weighted by molar-refractivity contribution is 7.07. The first kappa shape index (κ1) is 17.0. The van der Waals surface area contributed by atoms with E-state index in [9.17, 15) is 0 Å². The minimum Gasteiger partial charge on any atom is -0.376 e. The van der Waals surface area contributed by atoms with Gasteiger partial charge in [-0.05, 0) is 31.4 Å². The molecule has 25 heavy (non-hydrogen) atoms. The van der Waals surface area contributed by atoms with E-state index >= 15 is 0 Å². The van der Waals surface area contributed by atoms with E-state index in [1.165, 1.54) is 24.1 Å². The summed E-state index contributed by atoms with van der Waals surface area (Å²) >= 11 is 1.65. The third-order valence-electron chi connectivity index (χ3n) is 5.55. The monoisotopic (exact) mass is 357 g/mol. The van der Waals surface area contributed by atoms with Crippen LogP contribution in [0.4, 0.5) is 5.69 Å². The van der Waals surface area contributed by atoms with Crippen molar-refractivity contribution in [2.24, 2.45) is 0 Å². The molecular formula is C20H27N3OS. The molecule has 5 heteroatoms. The maximum Gasteiger partial charge on any atom is 0.0811 e. The molecule has 1 aromatic heterocycles. The van der Waals surface area contributed by atoms with Crippen molar-refractivity contribution >= 4 is 17.0 Å². The van der Waals surface area contributed by atoms with Gasteiger partial charge in [-0.25, -0.2) is 4.98 Å². The normalized spacial score (nSPS) is 23.1. The molecule has 0 spiro atoms. The summed E-state index contributed by atoms with van der Waals surface area (Å²) in [7, 11) is 0. The lowest BCUT2D eigenvalue weighted by Crippen LogP contribution is -2.51. The van der Waals surface area contributed by atoms with Gasteiger partial charge in [0.05, 0.1) is 23.9 Å². The van der Waals surface area contributed by atoms with Gasteiger partial charge in [0.2, 0.25) is 0 Å². The van der Waals surface area contributed by atoms with Crippen molar-refractivity contribution in [1.82, 2.24) is 9.88 Å². The van der Waals surface area contributed by atoms with Crippen LogP contribution in [0.15, 0.2) is 35.2 Å². The standard InChI is InChI=1S/C20H27N3OS/c1-2-19-13-23(10-11-24-19)17-6-8-22(9-7-17)18-5-3-4-16(12-18)20-14-25-15-21-20/h3-5,12,14-15,17,19H,2,6-11,13H2,1H3. The average molecular weight is 358 g/mol. The molecule has 0 saturated carbocycles. The maximum absolute atomic E-state index is 5.83. The molecule has 2 fully saturated rings. The Morgan fingerprint density at radius 2 is 2.12 bits per heavy atom. The van der Waals surface area contributed by atoms with E-state index < -0.39 is 0 Å². The van der Waals surface area contributed by atoms with Gasteiger partial charge in [0.15, 0.2) is 0 Å². The van der Waals surface area contributed by atoms with E-state index in [1.807, 2.05) is 5.51 Å². The molecule has 2 aliphatic heterocycles. The number of hydrogen-bond donors (Lipinski definition) is 0. The van der Waals surface area contributed by atoms with Crippen LogP contribution in [-0.4, -0.2) is 54.8 Å². The maximum atomic E-state index is 5.83. The van der Waals surface area contributed by atoms with Crippen LogP contribution >= 0.6 is 11.3 Å². The fourth-order valence-electron chi connectivity index (χ4n) is 4.03. The summed E-state index contributed by atoms with van der Waals surface area (Å²) in [4.78, 5) is 9.64. The molecule has 0 N–H and O–H groups in total. The zero-order valence-corrected chi connectivity index (χ0v) is 15.8. The molecule has 1 atom stereocenters. The predicted molar refractivity (Wildman–Crippen MR) is 104 cm³/mol. The fraction of sp³-hybridized carbons (Fsp3) is 0.550. The second kappa shape index (κ2) is 7.85. The summed E-state index contributed by atoms with van der Waals surface area (Å²) in [5.41, 5.74) is 5.54. The molecule has 2 aliphatic rings. The topological polar surface area (TPSA) is 28.6 Å². The Labute approximate surface area is 154 Å². The van der Waals surface area contributed by atoms with Crippen LogP contribution in [0.5, 0.6) is 0 Å². The van der Waals surface area contributed by atoms with E-state index in [0.29, 0.717) is 6.10 Å². The Hall–Kier alpha value is -1.43. The largest absolute Gasteiger partial charge is 0.376 e. The summed E-state index contributed by atoms with van der Waals surface area (Å²) in [5, 5.41) is 2.12. The SMILES string of the molecule is CCC1CN(C2CCN(c3cccc(-c4cscn4)c3)CC2)CCO1. The molecule has 3 heterocycles. The van der Waals surface area contributed by atoms with E-state index in [-0.39, 0.29) is 0 Å². The molecule has 134 valence electrons. The first-order valence-corrected chi connectivity index (χ1v) is 10.4. The molecule has 0 aliphatic carbocycles. The van der Waals surface area contributed by atoms with Gasteiger partial charge >= 0.3 is 0 Å². The highest BCUT2D eigenvalue weighted by Gasteiger charge is 2.28. The molecule has 2 aromatic rings. The van der Waals surface area contributed by atoms with E-state index in [4.69, 9.17) is 4.74 Å². The minimum absolute atomic E-state index is 0.432. The van der Waals surface area contributed by atoms with E-state index in [1.54, 1.807) is 11.3 Å². The Bertz CT molecular complexity index is 667. The Morgan fingerprint density at radius 3 is 2.88 bits per heavy atom. The first-order valence-electron chi connectivity index (χ1n) is 9.42. The Balaban J connectivity index is 1.38. The molecule has 0 bridgehead atoms. The number of anilines is 1. The average Bonchev–Trinajstić information content (AvgIpc) is 3.23. The van der Waals surface area contributed by atoms with Crippen molar-refractivity contribution < 1.29 is 4.74 Å². The van der Waals surface area contributed by atoms with Crippen molar-refractivity contribution in [1.29, 1.82) is 0 Å². The molecule has 0 radical (unpaired) electrons. The smallest absolute Gasteiger partial charge is 0.0811 e. The zero-order chi connectivity index (χ0) is 17.1. The summed E-state index contributed by atoms with van der Waals surface area (Å²) in [5.74, 6) is 0. The van der Waals surface area contributed by atoms with Crippen LogP contribution in [0.3, 0.4) is 0 Å². The van der Waals surface area contributed by atoms with Gasteiger partial charge in [0.25, 0.3) is 0 Å². The van der Waals surface area contributed by atoms with Crippen LogP contribution in [0.2, 0.25) is 0 Å². The van der Waals surface area contributed by atoms with Crippen LogP contribution in [0.1, 0.15) is 26.2 Å². The van der Waals surface area contributed by atoms with Gasteiger partial charge in [0, 0.05) is 48.9 Å². The minimum atomic E-state index is 0.432. The van der Waals surface area contributed by atoms with Gasteiger partial charge < -0.3 is 9.64 Å². The number of aromatic nitrogens is 1. The fourth-order valence-corrected chi connectivity index (χ4v) is 4.59. The predicted octanol–water partition coefficient (Wildman–Crippen LogP) is 3.89. The van der Waals surface area contributed by atoms with Crippen LogP contribution in [0, 0.1) is 0 Å². The first-order chi connectivity index (χ1) is 12.3. The van der Waals surface area contributed by atoms with Crippen molar-refractivity contribution in [3.05, 3.63) is 35.2 Å². The number of nitrogens with zero attached hydrogens (tertiary/aromatic N) is 3. The molecule has 0 amide bonds. The highest BCUT2D eigenvalue weighted by atomic mass is 32.1. The van der Waals surface area contributed by atoms with Crippen LogP contribution in [0.25, 0.3) is 11.3 Å². The number of morpholine rings is 1. The van der Waals surface area contributed by atoms with E-state index in [2.05, 4.69) is 51.4 Å². The number of benzene rings is 1. The number of hydrogen-bond acceptors (Lipinski definition) is 5. The molecule has 4 rings (SSSR count). The lowest BCUT2D eigenvalue weighted by atomic mass is 10.0. The van der Waals surface area contributed by atoms with Crippen molar-refractivity contribution in [2.75, 3.05) is 37.7 Å². The third kappa shape index (κ3) is 3.89. The molecule has 4 nitrogen and oxygen atoms in total. The number of rotatable bonds is 4. The second-order valence-corrected chi connectivity index (χ2v) is 7.76. The number of piperidine rings is 1. The Kier molecular flexibility index (Phi) is 5.34. The van der Waals surface area contributed by atoms with Gasteiger partial charge in [-0.2, -0.15) is 0 Å². The van der Waals surface area contributed by atoms with Gasteiger partial charge in [-0.1, -0.05) is 19.1 Å². The quantitative estimate of drug-likeness (QED) is 0.830. The van der Waals surface area contributed by atoms with Crippen molar-refractivity contribution in [2.45, 2.75) is 38.3 Å². The van der Waals surface area contributed by atoms with Crippen molar-refractivity contribution in [3.8, 4) is 11.3 Å². The number of thiazole rings is 1. The highest BCUT2D eigenvalue weighted by Crippen LogP contribution is 2.28. The van der Waals surface area contributed by atoms with Gasteiger partial charge in [-0.3, -0.25) is 4.90 Å². The second-order valence-electron chi connectivity index (χ2n) is 7.04. The summed E-state index contributed by atoms with van der Waals surface area (Å²) in [6.07, 6.45) is 4.05. The molecular weight excluding hydrogens is 330 g/mol. The summed E-state index contributed by atoms with van der Waals surface area (Å²) in [6.45, 7) is 7.61. The van der Waals surface area contributed by atoms with Crippen LogP contribution in [-0.2, 0) is 4.74 Å². The molecule has 2 saturated heterocycles. The lowest BCUT2D eigenvalue weighted by molar-refractivity contribution is -0.0474. The lowest BCUT2D eigenvalue weighted by Gasteiger charge is -2.42. The summed E-state index contributed by atoms with van der Waals surface area (Å²) in [6, 6.07) is 9.55. The summed E-state index contributed by atoms with van der Waals surface area (Å²) < 4.78 is 5.83.